The third-order valence-corrected chi connectivity index (χ3v) is 1.74. The fraction of sp³-hybridized carbons (Fsp3) is 0.125. The van der Waals surface area contributed by atoms with E-state index in [1.807, 2.05) is 0 Å². The van der Waals surface area contributed by atoms with Crippen LogP contribution >= 0.6 is 11.6 Å². The lowest BCUT2D eigenvalue weighted by Crippen LogP contribution is -1.93. The number of nitriles is 1. The molecule has 0 amide bonds. The Balaban J connectivity index is 3.53. The molecule has 1 aromatic rings. The molecule has 0 aromatic heterocycles. The molecule has 68 valence electrons. The lowest BCUT2D eigenvalue weighted by molar-refractivity contribution is 0.369. The van der Waals surface area contributed by atoms with Gasteiger partial charge in [-0.25, -0.2) is 4.39 Å². The molecule has 0 aliphatic rings. The zero-order valence-electron chi connectivity index (χ0n) is 6.64. The number of phenols is 1. The minimum atomic E-state index is -0.890. The molecule has 0 spiro atoms. The summed E-state index contributed by atoms with van der Waals surface area (Å²) in [6, 6.07) is 2.53. The second kappa shape index (κ2) is 3.50. The van der Waals surface area contributed by atoms with Crippen LogP contribution < -0.4 is 4.74 Å². The van der Waals surface area contributed by atoms with Crippen molar-refractivity contribution in [2.24, 2.45) is 0 Å². The first-order valence-electron chi connectivity index (χ1n) is 3.26. The molecule has 0 atom stereocenters. The maximum absolute atomic E-state index is 13.1. The van der Waals surface area contributed by atoms with Crippen LogP contribution in [0.5, 0.6) is 11.5 Å². The van der Waals surface area contributed by atoms with Crippen molar-refractivity contribution in [3.63, 3.8) is 0 Å². The van der Waals surface area contributed by atoms with Gasteiger partial charge in [-0.2, -0.15) is 5.26 Å². The number of nitrogens with zero attached hydrogens (tertiary/aromatic N) is 1. The van der Waals surface area contributed by atoms with Crippen LogP contribution in [0.25, 0.3) is 0 Å². The van der Waals surface area contributed by atoms with Crippen molar-refractivity contribution in [2.45, 2.75) is 0 Å². The molecule has 13 heavy (non-hydrogen) atoms. The van der Waals surface area contributed by atoms with E-state index in [0.29, 0.717) is 0 Å². The van der Waals surface area contributed by atoms with Gasteiger partial charge in [-0.15, -0.1) is 0 Å². The maximum atomic E-state index is 13.1. The topological polar surface area (TPSA) is 53.2 Å². The first-order chi connectivity index (χ1) is 6.11. The largest absolute Gasteiger partial charge is 0.504 e. The van der Waals surface area contributed by atoms with Gasteiger partial charge in [0.1, 0.15) is 11.6 Å². The summed E-state index contributed by atoms with van der Waals surface area (Å²) in [5, 5.41) is 17.4. The monoisotopic (exact) mass is 201 g/mol. The fourth-order valence-corrected chi connectivity index (χ4v) is 1.10. The summed E-state index contributed by atoms with van der Waals surface area (Å²) < 4.78 is 17.7. The second-order valence-electron chi connectivity index (χ2n) is 2.21. The molecule has 0 saturated heterocycles. The summed E-state index contributed by atoms with van der Waals surface area (Å²) in [6.07, 6.45) is 0. The highest BCUT2D eigenvalue weighted by molar-refractivity contribution is 6.31. The third-order valence-electron chi connectivity index (χ3n) is 1.47. The number of rotatable bonds is 1. The van der Waals surface area contributed by atoms with E-state index in [9.17, 15) is 9.50 Å². The van der Waals surface area contributed by atoms with Gasteiger partial charge in [-0.05, 0) is 0 Å². The molecular weight excluding hydrogens is 197 g/mol. The van der Waals surface area contributed by atoms with Crippen LogP contribution in [-0.2, 0) is 0 Å². The first-order valence-corrected chi connectivity index (χ1v) is 3.64. The minimum absolute atomic E-state index is 0.204. The SMILES string of the molecule is COc1c(O)cc(Cl)c(F)c1C#N. The number of phenolic OH excluding ortho intramolecular Hbond substituents is 1. The molecule has 0 radical (unpaired) electrons. The molecule has 0 unspecified atom stereocenters. The van der Waals surface area contributed by atoms with Gasteiger partial charge < -0.3 is 9.84 Å². The van der Waals surface area contributed by atoms with Gasteiger partial charge in [0, 0.05) is 6.07 Å². The average molecular weight is 202 g/mol. The van der Waals surface area contributed by atoms with Gasteiger partial charge in [-0.3, -0.25) is 0 Å². The lowest BCUT2D eigenvalue weighted by atomic mass is 10.2. The average Bonchev–Trinajstić information content (AvgIpc) is 2.10. The Morgan fingerprint density at radius 2 is 2.31 bits per heavy atom. The Morgan fingerprint density at radius 3 is 2.77 bits per heavy atom. The van der Waals surface area contributed by atoms with Crippen LogP contribution in [0.3, 0.4) is 0 Å². The van der Waals surface area contributed by atoms with Crippen LogP contribution in [0, 0.1) is 17.1 Å². The van der Waals surface area contributed by atoms with Crippen molar-refractivity contribution < 1.29 is 14.2 Å². The highest BCUT2D eigenvalue weighted by Gasteiger charge is 2.17. The molecule has 0 heterocycles. The van der Waals surface area contributed by atoms with E-state index < -0.39 is 11.4 Å². The Hall–Kier alpha value is -1.47. The summed E-state index contributed by atoms with van der Waals surface area (Å²) in [7, 11) is 1.23. The molecular formula is C8H5ClFNO2. The van der Waals surface area contributed by atoms with Gasteiger partial charge in [0.25, 0.3) is 0 Å². The smallest absolute Gasteiger partial charge is 0.181 e. The number of aromatic hydroxyl groups is 1. The summed E-state index contributed by atoms with van der Waals surface area (Å²) >= 11 is 5.39. The van der Waals surface area contributed by atoms with E-state index in [2.05, 4.69) is 4.74 Å². The van der Waals surface area contributed by atoms with Crippen molar-refractivity contribution in [1.82, 2.24) is 0 Å². The zero-order valence-corrected chi connectivity index (χ0v) is 7.39. The molecule has 3 nitrogen and oxygen atoms in total. The summed E-state index contributed by atoms with van der Waals surface area (Å²) in [5.41, 5.74) is -0.396. The lowest BCUT2D eigenvalue weighted by Gasteiger charge is -2.06. The molecule has 0 aliphatic heterocycles. The van der Waals surface area contributed by atoms with Crippen molar-refractivity contribution >= 4 is 11.6 Å². The van der Waals surface area contributed by atoms with Crippen LogP contribution in [0.1, 0.15) is 5.56 Å². The van der Waals surface area contributed by atoms with Crippen molar-refractivity contribution in [1.29, 1.82) is 5.26 Å². The number of benzene rings is 1. The normalized spacial score (nSPS) is 9.38. The number of ether oxygens (including phenoxy) is 1. The predicted octanol–water partition coefficient (Wildman–Crippen LogP) is 2.06. The van der Waals surface area contributed by atoms with Crippen molar-refractivity contribution in [2.75, 3.05) is 7.11 Å². The van der Waals surface area contributed by atoms with Crippen LogP contribution in [0.15, 0.2) is 6.07 Å². The standard InChI is InChI=1S/C8H5ClFNO2/c1-13-8-4(3-11)7(10)5(9)2-6(8)12/h2,12H,1H3. The molecule has 0 bridgehead atoms. The first kappa shape index (κ1) is 9.62. The predicted molar refractivity (Wildman–Crippen MR) is 44.3 cm³/mol. The summed E-state index contributed by atoms with van der Waals surface area (Å²) in [4.78, 5) is 0. The van der Waals surface area contributed by atoms with Crippen LogP contribution in [-0.4, -0.2) is 12.2 Å². The van der Waals surface area contributed by atoms with Crippen molar-refractivity contribution in [3.05, 3.63) is 22.5 Å². The molecule has 0 fully saturated rings. The van der Waals surface area contributed by atoms with Gasteiger partial charge in [0.15, 0.2) is 17.3 Å². The molecule has 0 saturated carbocycles. The fourth-order valence-electron chi connectivity index (χ4n) is 0.903. The molecule has 1 rings (SSSR count). The highest BCUT2D eigenvalue weighted by atomic mass is 35.5. The maximum Gasteiger partial charge on any atom is 0.181 e. The summed E-state index contributed by atoms with van der Waals surface area (Å²) in [6.45, 7) is 0. The number of methoxy groups -OCH3 is 1. The number of hydrogen-bond donors (Lipinski definition) is 1. The Kier molecular flexibility index (Phi) is 2.59. The van der Waals surface area contributed by atoms with E-state index in [0.717, 1.165) is 6.07 Å². The highest BCUT2D eigenvalue weighted by Crippen LogP contribution is 2.35. The van der Waals surface area contributed by atoms with Crippen LogP contribution in [0.2, 0.25) is 5.02 Å². The van der Waals surface area contributed by atoms with Gasteiger partial charge >= 0.3 is 0 Å². The quantitative estimate of drug-likeness (QED) is 0.757. The van der Waals surface area contributed by atoms with Gasteiger partial charge in [-0.1, -0.05) is 11.6 Å². The molecule has 0 aliphatic carbocycles. The van der Waals surface area contributed by atoms with E-state index >= 15 is 0 Å². The summed E-state index contributed by atoms with van der Waals surface area (Å²) in [5.74, 6) is -1.45. The minimum Gasteiger partial charge on any atom is -0.504 e. The Morgan fingerprint density at radius 1 is 1.69 bits per heavy atom. The van der Waals surface area contributed by atoms with Gasteiger partial charge in [0.2, 0.25) is 0 Å². The third kappa shape index (κ3) is 1.51. The molecule has 1 aromatic carbocycles. The van der Waals surface area contributed by atoms with Crippen molar-refractivity contribution in [3.8, 4) is 17.6 Å². The molecule has 1 N–H and O–H groups in total. The zero-order chi connectivity index (χ0) is 10.0. The van der Waals surface area contributed by atoms with Gasteiger partial charge in [0.05, 0.1) is 12.1 Å². The number of halogens is 2. The Labute approximate surface area is 78.9 Å². The Bertz CT molecular complexity index is 387. The van der Waals surface area contributed by atoms with E-state index in [4.69, 9.17) is 16.9 Å². The van der Waals surface area contributed by atoms with Crippen LogP contribution in [0.4, 0.5) is 4.39 Å². The number of hydrogen-bond acceptors (Lipinski definition) is 3. The second-order valence-corrected chi connectivity index (χ2v) is 2.62. The molecule has 5 heteroatoms. The van der Waals surface area contributed by atoms with E-state index in [1.165, 1.54) is 7.11 Å². The van der Waals surface area contributed by atoms with E-state index in [1.54, 1.807) is 6.07 Å². The van der Waals surface area contributed by atoms with E-state index in [-0.39, 0.29) is 16.5 Å².